The van der Waals surface area contributed by atoms with E-state index in [2.05, 4.69) is 47.6 Å². The molecule has 0 atom stereocenters. The Labute approximate surface area is 233 Å². The van der Waals surface area contributed by atoms with Crippen molar-refractivity contribution in [2.75, 3.05) is 14.2 Å². The molecule has 0 amide bonds. The predicted octanol–water partition coefficient (Wildman–Crippen LogP) is 6.86. The van der Waals surface area contributed by atoms with Crippen LogP contribution < -0.4 is 9.47 Å². The monoisotopic (exact) mass is 524 g/mol. The average Bonchev–Trinajstić information content (AvgIpc) is 3.53. The lowest BCUT2D eigenvalue weighted by Gasteiger charge is -2.34. The summed E-state index contributed by atoms with van der Waals surface area (Å²) in [5.74, 6) is 1.85. The van der Waals surface area contributed by atoms with Crippen LogP contribution in [0.4, 0.5) is 0 Å². The molecule has 0 bridgehead atoms. The SMILES string of the molecule is COc1ccc(-c2ccccc2-c2nnn(C(c3ccccc3)(c3ccccc3)c3ccccc3)n2)cc1OC. The number of ether oxygens (including phenoxy) is 2. The number of methoxy groups -OCH3 is 2. The summed E-state index contributed by atoms with van der Waals surface area (Å²) in [6.45, 7) is 0. The van der Waals surface area contributed by atoms with Gasteiger partial charge in [-0.05, 0) is 45.2 Å². The fourth-order valence-corrected chi connectivity index (χ4v) is 5.28. The van der Waals surface area contributed by atoms with E-state index in [1.165, 1.54) is 0 Å². The minimum absolute atomic E-state index is 0.526. The van der Waals surface area contributed by atoms with Gasteiger partial charge in [-0.15, -0.1) is 15.0 Å². The zero-order chi connectivity index (χ0) is 27.4. The van der Waals surface area contributed by atoms with Gasteiger partial charge in [-0.2, -0.15) is 0 Å². The summed E-state index contributed by atoms with van der Waals surface area (Å²) >= 11 is 0. The Morgan fingerprint density at radius 2 is 1.05 bits per heavy atom. The third-order valence-electron chi connectivity index (χ3n) is 7.15. The Hall–Kier alpha value is -5.23. The predicted molar refractivity (Wildman–Crippen MR) is 156 cm³/mol. The zero-order valence-electron chi connectivity index (χ0n) is 22.3. The van der Waals surface area contributed by atoms with Crippen LogP contribution in [0.5, 0.6) is 11.5 Å². The van der Waals surface area contributed by atoms with E-state index in [1.807, 2.05) is 91.0 Å². The van der Waals surface area contributed by atoms with E-state index in [4.69, 9.17) is 19.8 Å². The molecule has 0 aliphatic carbocycles. The number of tetrazole rings is 1. The normalized spacial score (nSPS) is 11.2. The molecule has 40 heavy (non-hydrogen) atoms. The highest BCUT2D eigenvalue weighted by molar-refractivity contribution is 5.81. The molecule has 0 unspecified atom stereocenters. The molecule has 0 aliphatic heterocycles. The van der Waals surface area contributed by atoms with Crippen LogP contribution in [0.2, 0.25) is 0 Å². The first-order valence-electron chi connectivity index (χ1n) is 13.0. The van der Waals surface area contributed by atoms with E-state index < -0.39 is 5.54 Å². The maximum Gasteiger partial charge on any atom is 0.205 e. The van der Waals surface area contributed by atoms with Crippen LogP contribution in [-0.2, 0) is 5.54 Å². The summed E-state index contributed by atoms with van der Waals surface area (Å²) in [6.07, 6.45) is 0. The second-order valence-electron chi connectivity index (χ2n) is 9.33. The van der Waals surface area contributed by atoms with E-state index in [-0.39, 0.29) is 0 Å². The molecule has 6 aromatic rings. The molecule has 6 heteroatoms. The highest BCUT2D eigenvalue weighted by Gasteiger charge is 2.41. The fourth-order valence-electron chi connectivity index (χ4n) is 5.28. The van der Waals surface area contributed by atoms with Crippen LogP contribution in [0.1, 0.15) is 16.7 Å². The Morgan fingerprint density at radius 3 is 1.57 bits per heavy atom. The molecule has 0 spiro atoms. The van der Waals surface area contributed by atoms with Gasteiger partial charge in [0.25, 0.3) is 0 Å². The second-order valence-corrected chi connectivity index (χ2v) is 9.33. The lowest BCUT2D eigenvalue weighted by molar-refractivity contribution is 0.355. The van der Waals surface area contributed by atoms with E-state index in [9.17, 15) is 0 Å². The number of aromatic nitrogens is 4. The highest BCUT2D eigenvalue weighted by atomic mass is 16.5. The first-order chi connectivity index (χ1) is 19.8. The molecule has 196 valence electrons. The number of rotatable bonds is 8. The van der Waals surface area contributed by atoms with Crippen LogP contribution in [0.25, 0.3) is 22.5 Å². The van der Waals surface area contributed by atoms with Gasteiger partial charge in [-0.25, -0.2) is 0 Å². The van der Waals surface area contributed by atoms with E-state index >= 15 is 0 Å². The molecule has 6 rings (SSSR count). The number of nitrogens with zero attached hydrogens (tertiary/aromatic N) is 4. The van der Waals surface area contributed by atoms with Crippen molar-refractivity contribution in [2.24, 2.45) is 0 Å². The minimum atomic E-state index is -0.840. The van der Waals surface area contributed by atoms with Crippen molar-refractivity contribution in [1.82, 2.24) is 20.2 Å². The maximum absolute atomic E-state index is 5.57. The summed E-state index contributed by atoms with van der Waals surface area (Å²) in [5.41, 5.74) is 5.05. The summed E-state index contributed by atoms with van der Waals surface area (Å²) in [6, 6.07) is 44.9. The molecule has 1 heterocycles. The topological polar surface area (TPSA) is 62.1 Å². The van der Waals surface area contributed by atoms with Crippen molar-refractivity contribution >= 4 is 0 Å². The van der Waals surface area contributed by atoms with Gasteiger partial charge < -0.3 is 9.47 Å². The van der Waals surface area contributed by atoms with Crippen molar-refractivity contribution in [3.8, 4) is 34.0 Å². The molecule has 0 saturated carbocycles. The van der Waals surface area contributed by atoms with Crippen LogP contribution in [0.3, 0.4) is 0 Å². The van der Waals surface area contributed by atoms with Gasteiger partial charge in [0.1, 0.15) is 0 Å². The molecule has 6 nitrogen and oxygen atoms in total. The van der Waals surface area contributed by atoms with Gasteiger partial charge in [0.15, 0.2) is 17.0 Å². The van der Waals surface area contributed by atoms with Crippen LogP contribution in [0.15, 0.2) is 133 Å². The first-order valence-corrected chi connectivity index (χ1v) is 13.0. The molecule has 0 N–H and O–H groups in total. The van der Waals surface area contributed by atoms with Crippen LogP contribution >= 0.6 is 0 Å². The summed E-state index contributed by atoms with van der Waals surface area (Å²) in [7, 11) is 3.27. The van der Waals surface area contributed by atoms with Crippen molar-refractivity contribution < 1.29 is 9.47 Å². The van der Waals surface area contributed by atoms with E-state index in [1.54, 1.807) is 19.0 Å². The van der Waals surface area contributed by atoms with Gasteiger partial charge in [0.2, 0.25) is 5.82 Å². The minimum Gasteiger partial charge on any atom is -0.493 e. The standard InChI is InChI=1S/C34H28N4O2/c1-39-31-23-22-25(24-32(31)40-2)29-20-12-13-21-30(29)33-35-37-38(36-33)34(26-14-6-3-7-15-26,27-16-8-4-9-17-27)28-18-10-5-11-19-28/h3-24H,1-2H3. The summed E-state index contributed by atoms with van der Waals surface area (Å²) in [4.78, 5) is 1.74. The van der Waals surface area contributed by atoms with Gasteiger partial charge in [0, 0.05) is 5.56 Å². The van der Waals surface area contributed by atoms with Crippen molar-refractivity contribution in [3.05, 3.63) is 150 Å². The van der Waals surface area contributed by atoms with E-state index in [0.717, 1.165) is 33.4 Å². The van der Waals surface area contributed by atoms with Crippen molar-refractivity contribution in [2.45, 2.75) is 5.54 Å². The largest absolute Gasteiger partial charge is 0.493 e. The molecule has 1 aromatic heterocycles. The fraction of sp³-hybridized carbons (Fsp3) is 0.0882. The highest BCUT2D eigenvalue weighted by Crippen LogP contribution is 2.41. The summed E-state index contributed by atoms with van der Waals surface area (Å²) in [5, 5.41) is 14.4. The van der Waals surface area contributed by atoms with Gasteiger partial charge in [-0.1, -0.05) is 121 Å². The van der Waals surface area contributed by atoms with Gasteiger partial charge in [-0.3, -0.25) is 0 Å². The Morgan fingerprint density at radius 1 is 0.550 bits per heavy atom. The maximum atomic E-state index is 5.57. The number of benzene rings is 5. The Kier molecular flexibility index (Phi) is 6.81. The molecule has 0 saturated heterocycles. The molecule has 0 fully saturated rings. The quantitative estimate of drug-likeness (QED) is 0.204. The van der Waals surface area contributed by atoms with Gasteiger partial charge in [0.05, 0.1) is 14.2 Å². The molecule has 0 radical (unpaired) electrons. The lowest BCUT2D eigenvalue weighted by atomic mass is 9.77. The second kappa shape index (κ2) is 10.9. The lowest BCUT2D eigenvalue weighted by Crippen LogP contribution is -2.39. The number of hydrogen-bond donors (Lipinski definition) is 0. The summed E-state index contributed by atoms with van der Waals surface area (Å²) < 4.78 is 11.0. The average molecular weight is 525 g/mol. The third kappa shape index (κ3) is 4.29. The van der Waals surface area contributed by atoms with E-state index in [0.29, 0.717) is 17.3 Å². The molecule has 0 aliphatic rings. The van der Waals surface area contributed by atoms with Crippen molar-refractivity contribution in [3.63, 3.8) is 0 Å². The Bertz CT molecular complexity index is 1620. The van der Waals surface area contributed by atoms with Crippen molar-refractivity contribution in [1.29, 1.82) is 0 Å². The van der Waals surface area contributed by atoms with Gasteiger partial charge >= 0.3 is 0 Å². The molecular formula is C34H28N4O2. The molecular weight excluding hydrogens is 496 g/mol. The molecule has 5 aromatic carbocycles. The van der Waals surface area contributed by atoms with Crippen LogP contribution in [0, 0.1) is 0 Å². The van der Waals surface area contributed by atoms with Crippen LogP contribution in [-0.4, -0.2) is 34.4 Å². The smallest absolute Gasteiger partial charge is 0.205 e. The number of hydrogen-bond acceptors (Lipinski definition) is 5. The third-order valence-corrected chi connectivity index (χ3v) is 7.15. The Balaban J connectivity index is 1.57. The first kappa shape index (κ1) is 25.1. The zero-order valence-corrected chi connectivity index (χ0v) is 22.3.